The molecule has 0 spiro atoms. The van der Waals surface area contributed by atoms with Crippen molar-refractivity contribution >= 4 is 9.84 Å². The van der Waals surface area contributed by atoms with Crippen molar-refractivity contribution in [1.82, 2.24) is 14.5 Å². The van der Waals surface area contributed by atoms with Crippen LogP contribution >= 0.6 is 0 Å². The fourth-order valence-electron chi connectivity index (χ4n) is 2.08. The van der Waals surface area contributed by atoms with Crippen LogP contribution in [0.5, 0.6) is 0 Å². The fraction of sp³-hybridized carbons (Fsp3) is 0.0667. The number of imidazole rings is 1. The van der Waals surface area contributed by atoms with Crippen molar-refractivity contribution < 1.29 is 12.8 Å². The first kappa shape index (κ1) is 14.4. The van der Waals surface area contributed by atoms with Gasteiger partial charge in [0.15, 0.2) is 9.84 Å². The lowest BCUT2D eigenvalue weighted by molar-refractivity contribution is 0.601. The van der Waals surface area contributed by atoms with E-state index in [1.807, 2.05) is 0 Å². The highest BCUT2D eigenvalue weighted by Crippen LogP contribution is 2.24. The van der Waals surface area contributed by atoms with E-state index in [1.165, 1.54) is 30.9 Å². The van der Waals surface area contributed by atoms with Gasteiger partial charge in [-0.2, -0.15) is 0 Å². The van der Waals surface area contributed by atoms with Crippen molar-refractivity contribution in [2.24, 2.45) is 0 Å². The molecule has 2 heterocycles. The number of hydrogen-bond acceptors (Lipinski definition) is 4. The summed E-state index contributed by atoms with van der Waals surface area (Å²) >= 11 is 0. The van der Waals surface area contributed by atoms with E-state index in [4.69, 9.17) is 0 Å². The van der Waals surface area contributed by atoms with E-state index in [0.29, 0.717) is 17.1 Å². The second kappa shape index (κ2) is 5.34. The molecule has 0 saturated heterocycles. The highest BCUT2D eigenvalue weighted by Gasteiger charge is 2.13. The molecule has 1 aromatic carbocycles. The van der Waals surface area contributed by atoms with Crippen LogP contribution in [0.2, 0.25) is 0 Å². The van der Waals surface area contributed by atoms with E-state index in [0.717, 1.165) is 6.26 Å². The summed E-state index contributed by atoms with van der Waals surface area (Å²) in [5.74, 6) is 0.0974. The number of hydrogen-bond donors (Lipinski definition) is 0. The minimum absolute atomic E-state index is 0.129. The number of rotatable bonds is 3. The molecule has 0 amide bonds. The predicted molar refractivity (Wildman–Crippen MR) is 79.9 cm³/mol. The molecule has 0 saturated carbocycles. The van der Waals surface area contributed by atoms with Crippen molar-refractivity contribution in [3.05, 3.63) is 60.9 Å². The molecule has 0 unspecified atom stereocenters. The van der Waals surface area contributed by atoms with Crippen LogP contribution in [0.15, 0.2) is 60.0 Å². The Labute approximate surface area is 127 Å². The highest BCUT2D eigenvalue weighted by molar-refractivity contribution is 7.90. The highest BCUT2D eigenvalue weighted by atomic mass is 32.2. The van der Waals surface area contributed by atoms with Gasteiger partial charge in [0.25, 0.3) is 0 Å². The van der Waals surface area contributed by atoms with Crippen molar-refractivity contribution in [2.75, 3.05) is 6.26 Å². The molecular weight excluding hydrogens is 305 g/mol. The van der Waals surface area contributed by atoms with Crippen LogP contribution in [0.3, 0.4) is 0 Å². The summed E-state index contributed by atoms with van der Waals surface area (Å²) in [6.07, 6.45) is 5.43. The van der Waals surface area contributed by atoms with Gasteiger partial charge in [0, 0.05) is 18.0 Å². The predicted octanol–water partition coefficient (Wildman–Crippen LogP) is 2.48. The minimum Gasteiger partial charge on any atom is -0.283 e. The first-order valence-electron chi connectivity index (χ1n) is 6.40. The van der Waals surface area contributed by atoms with Gasteiger partial charge in [-0.3, -0.25) is 4.57 Å². The van der Waals surface area contributed by atoms with Crippen LogP contribution in [0.25, 0.3) is 17.1 Å². The second-order valence-electron chi connectivity index (χ2n) is 4.75. The molecular formula is C15H12FN3O2S. The molecule has 2 aromatic heterocycles. The summed E-state index contributed by atoms with van der Waals surface area (Å²) in [6, 6.07) is 9.38. The van der Waals surface area contributed by atoms with Crippen LogP contribution in [0.1, 0.15) is 0 Å². The smallest absolute Gasteiger partial charge is 0.177 e. The number of benzene rings is 1. The van der Waals surface area contributed by atoms with Gasteiger partial charge < -0.3 is 0 Å². The molecule has 3 aromatic rings. The number of halogens is 1. The standard InChI is InChI=1S/C15H12FN3O2S/c1-22(20,21)11-6-7-15(18-8-11)19-10-17-9-14(19)12-4-2-3-5-13(12)16/h2-10H,1H3. The van der Waals surface area contributed by atoms with E-state index in [9.17, 15) is 12.8 Å². The summed E-state index contributed by atoms with van der Waals surface area (Å²) < 4.78 is 38.4. The van der Waals surface area contributed by atoms with E-state index < -0.39 is 9.84 Å². The molecule has 0 aliphatic heterocycles. The molecule has 0 radical (unpaired) electrons. The quantitative estimate of drug-likeness (QED) is 0.744. The van der Waals surface area contributed by atoms with E-state index in [-0.39, 0.29) is 10.7 Å². The Bertz CT molecular complexity index is 918. The van der Waals surface area contributed by atoms with Crippen LogP contribution in [-0.2, 0) is 9.84 Å². The number of aromatic nitrogens is 3. The molecule has 7 heteroatoms. The van der Waals surface area contributed by atoms with Crippen LogP contribution in [0, 0.1) is 5.82 Å². The average molecular weight is 317 g/mol. The lowest BCUT2D eigenvalue weighted by Gasteiger charge is -2.08. The van der Waals surface area contributed by atoms with Gasteiger partial charge in [0.1, 0.15) is 18.0 Å². The molecule has 22 heavy (non-hydrogen) atoms. The van der Waals surface area contributed by atoms with Crippen LogP contribution in [-0.4, -0.2) is 29.2 Å². The van der Waals surface area contributed by atoms with E-state index in [2.05, 4.69) is 9.97 Å². The third-order valence-corrected chi connectivity index (χ3v) is 4.28. The summed E-state index contributed by atoms with van der Waals surface area (Å²) in [7, 11) is -3.30. The molecule has 0 aliphatic rings. The Morgan fingerprint density at radius 3 is 2.50 bits per heavy atom. The zero-order chi connectivity index (χ0) is 15.7. The Kier molecular flexibility index (Phi) is 3.50. The van der Waals surface area contributed by atoms with Crippen LogP contribution < -0.4 is 0 Å². The first-order chi connectivity index (χ1) is 10.5. The summed E-state index contributed by atoms with van der Waals surface area (Å²) in [6.45, 7) is 0. The zero-order valence-electron chi connectivity index (χ0n) is 11.6. The topological polar surface area (TPSA) is 64.8 Å². The van der Waals surface area contributed by atoms with E-state index >= 15 is 0 Å². The maximum atomic E-state index is 13.9. The second-order valence-corrected chi connectivity index (χ2v) is 6.77. The van der Waals surface area contributed by atoms with E-state index in [1.54, 1.807) is 28.8 Å². The fourth-order valence-corrected chi connectivity index (χ4v) is 2.64. The molecule has 3 rings (SSSR count). The molecule has 0 atom stereocenters. The van der Waals surface area contributed by atoms with Crippen molar-refractivity contribution in [2.45, 2.75) is 4.90 Å². The monoisotopic (exact) mass is 317 g/mol. The third kappa shape index (κ3) is 2.62. The summed E-state index contributed by atoms with van der Waals surface area (Å²) in [5, 5.41) is 0. The number of nitrogens with zero attached hydrogens (tertiary/aromatic N) is 3. The SMILES string of the molecule is CS(=O)(=O)c1ccc(-n2cncc2-c2ccccc2F)nc1. The molecule has 0 fully saturated rings. The van der Waals surface area contributed by atoms with Crippen LogP contribution in [0.4, 0.5) is 4.39 Å². The third-order valence-electron chi connectivity index (χ3n) is 3.18. The van der Waals surface area contributed by atoms with Gasteiger partial charge >= 0.3 is 0 Å². The Balaban J connectivity index is 2.08. The largest absolute Gasteiger partial charge is 0.283 e. The maximum Gasteiger partial charge on any atom is 0.177 e. The molecule has 0 bridgehead atoms. The molecule has 5 nitrogen and oxygen atoms in total. The van der Waals surface area contributed by atoms with Crippen molar-refractivity contribution in [1.29, 1.82) is 0 Å². The summed E-state index contributed by atoms with van der Waals surface area (Å²) in [4.78, 5) is 8.28. The van der Waals surface area contributed by atoms with Gasteiger partial charge in [0.2, 0.25) is 0 Å². The van der Waals surface area contributed by atoms with Gasteiger partial charge in [-0.15, -0.1) is 0 Å². The Morgan fingerprint density at radius 1 is 1.09 bits per heavy atom. The normalized spacial score (nSPS) is 11.5. The average Bonchev–Trinajstić information content (AvgIpc) is 2.96. The summed E-state index contributed by atoms with van der Waals surface area (Å²) in [5.41, 5.74) is 0.937. The lowest BCUT2D eigenvalue weighted by Crippen LogP contribution is -2.02. The van der Waals surface area contributed by atoms with Crippen molar-refractivity contribution in [3.63, 3.8) is 0 Å². The van der Waals surface area contributed by atoms with Gasteiger partial charge in [0.05, 0.1) is 16.8 Å². The lowest BCUT2D eigenvalue weighted by atomic mass is 10.1. The first-order valence-corrected chi connectivity index (χ1v) is 8.30. The maximum absolute atomic E-state index is 13.9. The minimum atomic E-state index is -3.30. The molecule has 0 aliphatic carbocycles. The van der Waals surface area contributed by atoms with Crippen molar-refractivity contribution in [3.8, 4) is 17.1 Å². The molecule has 0 N–H and O–H groups in total. The van der Waals surface area contributed by atoms with Gasteiger partial charge in [-0.1, -0.05) is 12.1 Å². The van der Waals surface area contributed by atoms with Gasteiger partial charge in [-0.25, -0.2) is 22.8 Å². The Hall–Kier alpha value is -2.54. The van der Waals surface area contributed by atoms with Gasteiger partial charge in [-0.05, 0) is 24.3 Å². The Morgan fingerprint density at radius 2 is 1.86 bits per heavy atom. The zero-order valence-corrected chi connectivity index (χ0v) is 12.5. The number of sulfone groups is 1. The molecule has 112 valence electrons. The number of pyridine rings is 1.